The van der Waals surface area contributed by atoms with Crippen molar-refractivity contribution in [1.82, 2.24) is 10.6 Å². The summed E-state index contributed by atoms with van der Waals surface area (Å²) >= 11 is 12.1. The molecule has 0 heterocycles. The van der Waals surface area contributed by atoms with E-state index >= 15 is 0 Å². The van der Waals surface area contributed by atoms with Crippen LogP contribution < -0.4 is 10.6 Å². The Morgan fingerprint density at radius 2 is 2.00 bits per heavy atom. The second-order valence-corrected chi connectivity index (χ2v) is 5.01. The van der Waals surface area contributed by atoms with Gasteiger partial charge in [0.05, 0.1) is 6.04 Å². The van der Waals surface area contributed by atoms with Gasteiger partial charge >= 0.3 is 0 Å². The Balaban J connectivity index is 2.73. The lowest BCUT2D eigenvalue weighted by molar-refractivity contribution is -0.122. The zero-order chi connectivity index (χ0) is 13.7. The van der Waals surface area contributed by atoms with E-state index in [2.05, 4.69) is 10.6 Å². The molecule has 3 nitrogen and oxygen atoms in total. The number of benzene rings is 1. The van der Waals surface area contributed by atoms with Gasteiger partial charge in [0.2, 0.25) is 5.91 Å². The largest absolute Gasteiger partial charge is 0.355 e. The van der Waals surface area contributed by atoms with Crippen molar-refractivity contribution in [3.05, 3.63) is 33.8 Å². The highest BCUT2D eigenvalue weighted by Gasteiger charge is 2.17. The standard InChI is InChI=1S/C13H18Cl2N2O/c1-4-16-13(18)9(3)17-8(2)11-7-10(14)5-6-12(11)15/h5-9,17H,4H2,1-3H3,(H,16,18). The number of amides is 1. The van der Waals surface area contributed by atoms with Crippen molar-refractivity contribution in [2.75, 3.05) is 6.54 Å². The third-order valence-electron chi connectivity index (χ3n) is 2.67. The van der Waals surface area contributed by atoms with E-state index in [1.54, 1.807) is 12.1 Å². The molecule has 0 aliphatic heterocycles. The number of rotatable bonds is 5. The molecular weight excluding hydrogens is 271 g/mol. The molecule has 0 aliphatic carbocycles. The van der Waals surface area contributed by atoms with Crippen LogP contribution in [-0.4, -0.2) is 18.5 Å². The molecule has 1 aromatic carbocycles. The lowest BCUT2D eigenvalue weighted by atomic mass is 10.1. The van der Waals surface area contributed by atoms with Gasteiger partial charge in [0.15, 0.2) is 0 Å². The monoisotopic (exact) mass is 288 g/mol. The van der Waals surface area contributed by atoms with Gasteiger partial charge in [-0.05, 0) is 44.5 Å². The van der Waals surface area contributed by atoms with Crippen molar-refractivity contribution >= 4 is 29.1 Å². The van der Waals surface area contributed by atoms with Crippen LogP contribution in [0.15, 0.2) is 18.2 Å². The highest BCUT2D eigenvalue weighted by Crippen LogP contribution is 2.26. The van der Waals surface area contributed by atoms with Crippen LogP contribution in [0, 0.1) is 0 Å². The summed E-state index contributed by atoms with van der Waals surface area (Å²) in [6.45, 7) is 6.28. The molecule has 2 N–H and O–H groups in total. The van der Waals surface area contributed by atoms with Crippen molar-refractivity contribution in [2.24, 2.45) is 0 Å². The SMILES string of the molecule is CCNC(=O)C(C)NC(C)c1cc(Cl)ccc1Cl. The quantitative estimate of drug-likeness (QED) is 0.874. The van der Waals surface area contributed by atoms with Crippen LogP contribution >= 0.6 is 23.2 Å². The lowest BCUT2D eigenvalue weighted by Gasteiger charge is -2.20. The van der Waals surface area contributed by atoms with Crippen molar-refractivity contribution in [3.8, 4) is 0 Å². The van der Waals surface area contributed by atoms with Crippen LogP contribution in [0.1, 0.15) is 32.4 Å². The predicted octanol–water partition coefficient (Wildman–Crippen LogP) is 3.17. The molecular formula is C13H18Cl2N2O. The molecule has 1 rings (SSSR count). The summed E-state index contributed by atoms with van der Waals surface area (Å²) in [6.07, 6.45) is 0. The van der Waals surface area contributed by atoms with Crippen LogP contribution in [0.3, 0.4) is 0 Å². The molecule has 0 bridgehead atoms. The molecule has 2 atom stereocenters. The molecule has 0 fully saturated rings. The van der Waals surface area contributed by atoms with E-state index in [-0.39, 0.29) is 18.0 Å². The summed E-state index contributed by atoms with van der Waals surface area (Å²) in [7, 11) is 0. The topological polar surface area (TPSA) is 41.1 Å². The average Bonchev–Trinajstić information content (AvgIpc) is 2.32. The smallest absolute Gasteiger partial charge is 0.236 e. The molecule has 1 amide bonds. The molecule has 5 heteroatoms. The van der Waals surface area contributed by atoms with Gasteiger partial charge in [0.1, 0.15) is 0 Å². The normalized spacial score (nSPS) is 14.1. The highest BCUT2D eigenvalue weighted by molar-refractivity contribution is 6.33. The minimum absolute atomic E-state index is 0.0255. The van der Waals surface area contributed by atoms with Gasteiger partial charge in [-0.3, -0.25) is 10.1 Å². The Labute approximate surface area is 118 Å². The van der Waals surface area contributed by atoms with Crippen molar-refractivity contribution in [3.63, 3.8) is 0 Å². The van der Waals surface area contributed by atoms with Crippen LogP contribution in [-0.2, 0) is 4.79 Å². The van der Waals surface area contributed by atoms with Gasteiger partial charge in [-0.25, -0.2) is 0 Å². The summed E-state index contributed by atoms with van der Waals surface area (Å²) in [5, 5.41) is 7.24. The van der Waals surface area contributed by atoms with E-state index in [9.17, 15) is 4.79 Å². The molecule has 1 aromatic rings. The highest BCUT2D eigenvalue weighted by atomic mass is 35.5. The number of hydrogen-bond acceptors (Lipinski definition) is 2. The Bertz CT molecular complexity index is 423. The Kier molecular flexibility index (Phi) is 5.93. The van der Waals surface area contributed by atoms with Crippen molar-refractivity contribution in [1.29, 1.82) is 0 Å². The summed E-state index contributed by atoms with van der Waals surface area (Å²) < 4.78 is 0. The van der Waals surface area contributed by atoms with E-state index in [1.165, 1.54) is 0 Å². The Morgan fingerprint density at radius 3 is 2.61 bits per heavy atom. The molecule has 0 spiro atoms. The fourth-order valence-corrected chi connectivity index (χ4v) is 2.18. The van der Waals surface area contributed by atoms with Gasteiger partial charge in [0, 0.05) is 22.6 Å². The fourth-order valence-electron chi connectivity index (χ4n) is 1.71. The molecule has 0 saturated heterocycles. The number of likely N-dealkylation sites (N-methyl/N-ethyl adjacent to an activating group) is 1. The number of carbonyl (C=O) groups excluding carboxylic acids is 1. The maximum Gasteiger partial charge on any atom is 0.236 e. The van der Waals surface area contributed by atoms with E-state index < -0.39 is 0 Å². The number of carbonyl (C=O) groups is 1. The van der Waals surface area contributed by atoms with E-state index in [0.29, 0.717) is 16.6 Å². The molecule has 0 radical (unpaired) electrons. The van der Waals surface area contributed by atoms with Crippen molar-refractivity contribution < 1.29 is 4.79 Å². The maximum atomic E-state index is 11.6. The summed E-state index contributed by atoms with van der Waals surface area (Å²) in [6, 6.07) is 4.98. The third-order valence-corrected chi connectivity index (χ3v) is 3.25. The second kappa shape index (κ2) is 6.98. The minimum atomic E-state index is -0.282. The lowest BCUT2D eigenvalue weighted by Crippen LogP contribution is -2.43. The van der Waals surface area contributed by atoms with Gasteiger partial charge < -0.3 is 5.32 Å². The summed E-state index contributed by atoms with van der Waals surface area (Å²) in [4.78, 5) is 11.6. The number of nitrogens with one attached hydrogen (secondary N) is 2. The van der Waals surface area contributed by atoms with Gasteiger partial charge in [-0.1, -0.05) is 23.2 Å². The summed E-state index contributed by atoms with van der Waals surface area (Å²) in [5.41, 5.74) is 0.889. The van der Waals surface area contributed by atoms with E-state index in [0.717, 1.165) is 5.56 Å². The third kappa shape index (κ3) is 4.16. The average molecular weight is 289 g/mol. The number of halogens is 2. The first-order chi connectivity index (χ1) is 8.45. The van der Waals surface area contributed by atoms with Crippen LogP contribution in [0.25, 0.3) is 0 Å². The van der Waals surface area contributed by atoms with Gasteiger partial charge in [-0.2, -0.15) is 0 Å². The first-order valence-corrected chi connectivity index (χ1v) is 6.70. The number of hydrogen-bond donors (Lipinski definition) is 2. The van der Waals surface area contributed by atoms with Crippen LogP contribution in [0.5, 0.6) is 0 Å². The van der Waals surface area contributed by atoms with E-state index in [1.807, 2.05) is 26.8 Å². The first kappa shape index (κ1) is 15.3. The van der Waals surface area contributed by atoms with Gasteiger partial charge in [-0.15, -0.1) is 0 Å². The maximum absolute atomic E-state index is 11.6. The molecule has 2 unspecified atom stereocenters. The Hall–Kier alpha value is -0.770. The zero-order valence-electron chi connectivity index (χ0n) is 10.8. The molecule has 0 aliphatic rings. The first-order valence-electron chi connectivity index (χ1n) is 5.94. The molecule has 0 saturated carbocycles. The zero-order valence-corrected chi connectivity index (χ0v) is 12.3. The van der Waals surface area contributed by atoms with Crippen LogP contribution in [0.4, 0.5) is 0 Å². The van der Waals surface area contributed by atoms with Gasteiger partial charge in [0.25, 0.3) is 0 Å². The molecule has 100 valence electrons. The Morgan fingerprint density at radius 1 is 1.33 bits per heavy atom. The van der Waals surface area contributed by atoms with E-state index in [4.69, 9.17) is 23.2 Å². The predicted molar refractivity (Wildman–Crippen MR) is 76.2 cm³/mol. The summed E-state index contributed by atoms with van der Waals surface area (Å²) in [5.74, 6) is -0.0255. The second-order valence-electron chi connectivity index (χ2n) is 4.17. The molecule has 0 aromatic heterocycles. The van der Waals surface area contributed by atoms with Crippen LogP contribution in [0.2, 0.25) is 10.0 Å². The fraction of sp³-hybridized carbons (Fsp3) is 0.462. The van der Waals surface area contributed by atoms with Crippen molar-refractivity contribution in [2.45, 2.75) is 32.9 Å². The molecule has 18 heavy (non-hydrogen) atoms. The minimum Gasteiger partial charge on any atom is -0.355 e.